The van der Waals surface area contributed by atoms with Gasteiger partial charge in [0.05, 0.1) is 22.8 Å². The molecular formula is C17H13ClF3N3O4. The van der Waals surface area contributed by atoms with Gasteiger partial charge in [-0.15, -0.1) is 0 Å². The van der Waals surface area contributed by atoms with Crippen molar-refractivity contribution in [3.05, 3.63) is 58.4 Å². The third-order valence-electron chi connectivity index (χ3n) is 3.42. The van der Waals surface area contributed by atoms with Gasteiger partial charge in [-0.2, -0.15) is 13.2 Å². The predicted molar refractivity (Wildman–Crippen MR) is 91.6 cm³/mol. The van der Waals surface area contributed by atoms with Crippen molar-refractivity contribution >= 4 is 29.2 Å². The number of pyridine rings is 1. The highest BCUT2D eigenvalue weighted by molar-refractivity contribution is 6.37. The SMILES string of the molecule is NC(=O)C(=O)CNC(=O)c1ccc(OCc2ccccn2)c(C(F)(F)F)c1Cl. The monoisotopic (exact) mass is 415 g/mol. The summed E-state index contributed by atoms with van der Waals surface area (Å²) in [6.45, 7) is -1.03. The molecule has 2 amide bonds. The van der Waals surface area contributed by atoms with Crippen LogP contribution in [0.3, 0.4) is 0 Å². The first-order valence-corrected chi connectivity index (χ1v) is 8.02. The van der Waals surface area contributed by atoms with Gasteiger partial charge in [-0.05, 0) is 24.3 Å². The molecular weight excluding hydrogens is 403 g/mol. The Bertz CT molecular complexity index is 905. The maximum absolute atomic E-state index is 13.5. The zero-order valence-electron chi connectivity index (χ0n) is 14.0. The number of halogens is 4. The second kappa shape index (κ2) is 8.70. The Morgan fingerprint density at radius 2 is 1.89 bits per heavy atom. The fraction of sp³-hybridized carbons (Fsp3) is 0.176. The van der Waals surface area contributed by atoms with Gasteiger partial charge in [0.2, 0.25) is 5.78 Å². The van der Waals surface area contributed by atoms with Crippen molar-refractivity contribution in [1.29, 1.82) is 0 Å². The van der Waals surface area contributed by atoms with Crippen molar-refractivity contribution in [3.8, 4) is 5.75 Å². The van der Waals surface area contributed by atoms with E-state index >= 15 is 0 Å². The molecule has 0 fully saturated rings. The van der Waals surface area contributed by atoms with Crippen molar-refractivity contribution in [2.24, 2.45) is 5.73 Å². The first kappa shape index (κ1) is 21.2. The second-order valence-electron chi connectivity index (χ2n) is 5.38. The van der Waals surface area contributed by atoms with E-state index in [1.807, 2.05) is 5.32 Å². The van der Waals surface area contributed by atoms with Crippen LogP contribution < -0.4 is 15.8 Å². The lowest BCUT2D eigenvalue weighted by atomic mass is 10.1. The number of carbonyl (C=O) groups is 3. The van der Waals surface area contributed by atoms with E-state index in [1.165, 1.54) is 6.20 Å². The number of rotatable bonds is 7. The number of primary amides is 1. The molecule has 0 saturated heterocycles. The van der Waals surface area contributed by atoms with Crippen molar-refractivity contribution in [3.63, 3.8) is 0 Å². The molecule has 0 atom stereocenters. The maximum atomic E-state index is 13.5. The van der Waals surface area contributed by atoms with Gasteiger partial charge in [0, 0.05) is 6.20 Å². The number of alkyl halides is 3. The maximum Gasteiger partial charge on any atom is 0.421 e. The Morgan fingerprint density at radius 1 is 1.18 bits per heavy atom. The summed E-state index contributed by atoms with van der Waals surface area (Å²) in [5.41, 5.74) is 3.23. The number of hydrogen-bond acceptors (Lipinski definition) is 5. The molecule has 11 heteroatoms. The number of nitrogens with two attached hydrogens (primary N) is 1. The molecule has 28 heavy (non-hydrogen) atoms. The summed E-state index contributed by atoms with van der Waals surface area (Å²) in [5.74, 6) is -4.08. The Kier molecular flexibility index (Phi) is 6.57. The van der Waals surface area contributed by atoms with Gasteiger partial charge in [0.1, 0.15) is 17.9 Å². The van der Waals surface area contributed by atoms with E-state index in [0.717, 1.165) is 12.1 Å². The highest BCUT2D eigenvalue weighted by Gasteiger charge is 2.39. The lowest BCUT2D eigenvalue weighted by Gasteiger charge is -2.17. The van der Waals surface area contributed by atoms with Crippen LogP contribution in [0.4, 0.5) is 13.2 Å². The summed E-state index contributed by atoms with van der Waals surface area (Å²) in [7, 11) is 0. The quantitative estimate of drug-likeness (QED) is 0.673. The second-order valence-corrected chi connectivity index (χ2v) is 5.76. The summed E-state index contributed by atoms with van der Waals surface area (Å²) < 4.78 is 45.6. The normalized spacial score (nSPS) is 11.0. The Hall–Kier alpha value is -3.14. The minimum atomic E-state index is -4.92. The fourth-order valence-corrected chi connectivity index (χ4v) is 2.45. The fourth-order valence-electron chi connectivity index (χ4n) is 2.10. The van der Waals surface area contributed by atoms with Gasteiger partial charge >= 0.3 is 6.18 Å². The smallest absolute Gasteiger partial charge is 0.421 e. The molecule has 1 aromatic carbocycles. The lowest BCUT2D eigenvalue weighted by molar-refractivity contribution is -0.139. The molecule has 2 aromatic rings. The van der Waals surface area contributed by atoms with E-state index in [-0.39, 0.29) is 6.61 Å². The van der Waals surface area contributed by atoms with Crippen LogP contribution >= 0.6 is 11.6 Å². The molecule has 1 heterocycles. The van der Waals surface area contributed by atoms with Crippen molar-refractivity contribution < 1.29 is 32.3 Å². The van der Waals surface area contributed by atoms with Crippen LogP contribution in [0.25, 0.3) is 0 Å². The minimum Gasteiger partial charge on any atom is -0.487 e. The van der Waals surface area contributed by atoms with Crippen LogP contribution in [0.2, 0.25) is 5.02 Å². The molecule has 0 radical (unpaired) electrons. The standard InChI is InChI=1S/C17H13ClF3N3O4/c18-14-10(16(27)24-7-11(25)15(22)26)4-5-12(13(14)17(19,20)21)28-8-9-3-1-2-6-23-9/h1-6H,7-8H2,(H2,22,26)(H,24,27). The molecule has 7 nitrogen and oxygen atoms in total. The molecule has 3 N–H and O–H groups in total. The lowest BCUT2D eigenvalue weighted by Crippen LogP contribution is -2.36. The number of ether oxygens (including phenoxy) is 1. The number of nitrogens with one attached hydrogen (secondary N) is 1. The van der Waals surface area contributed by atoms with Crippen LogP contribution in [0.1, 0.15) is 21.6 Å². The molecule has 148 valence electrons. The number of benzene rings is 1. The molecule has 0 saturated carbocycles. The van der Waals surface area contributed by atoms with E-state index < -0.39 is 52.2 Å². The average molecular weight is 416 g/mol. The van der Waals surface area contributed by atoms with Crippen LogP contribution in [-0.2, 0) is 22.4 Å². The number of Topliss-reactive ketones (excluding diaryl/α,β-unsaturated/α-hetero) is 1. The summed E-state index contributed by atoms with van der Waals surface area (Å²) in [5, 5.41) is 1.08. The first-order valence-electron chi connectivity index (χ1n) is 7.64. The Morgan fingerprint density at radius 3 is 2.46 bits per heavy atom. The van der Waals surface area contributed by atoms with Gasteiger partial charge in [-0.3, -0.25) is 19.4 Å². The topological polar surface area (TPSA) is 111 Å². The van der Waals surface area contributed by atoms with Crippen LogP contribution in [0.5, 0.6) is 5.75 Å². The highest BCUT2D eigenvalue weighted by Crippen LogP contribution is 2.42. The van der Waals surface area contributed by atoms with Crippen LogP contribution in [-0.4, -0.2) is 29.1 Å². The van der Waals surface area contributed by atoms with E-state index in [4.69, 9.17) is 22.1 Å². The zero-order valence-corrected chi connectivity index (χ0v) is 14.8. The average Bonchev–Trinajstić information content (AvgIpc) is 2.63. The summed E-state index contributed by atoms with van der Waals surface area (Å²) in [4.78, 5) is 37.8. The number of aromatic nitrogens is 1. The Labute approximate surface area is 161 Å². The third-order valence-corrected chi connectivity index (χ3v) is 3.81. The van der Waals surface area contributed by atoms with E-state index in [9.17, 15) is 27.6 Å². The number of amides is 2. The summed E-state index contributed by atoms with van der Waals surface area (Å²) >= 11 is 5.80. The van der Waals surface area contributed by atoms with Crippen LogP contribution in [0.15, 0.2) is 36.5 Å². The molecule has 0 aliphatic rings. The van der Waals surface area contributed by atoms with Gasteiger partial charge in [-0.1, -0.05) is 17.7 Å². The largest absolute Gasteiger partial charge is 0.487 e. The summed E-state index contributed by atoms with van der Waals surface area (Å²) in [6, 6.07) is 6.78. The molecule has 1 aromatic heterocycles. The van der Waals surface area contributed by atoms with Gasteiger partial charge in [0.15, 0.2) is 0 Å². The van der Waals surface area contributed by atoms with E-state index in [2.05, 4.69) is 4.98 Å². The predicted octanol–water partition coefficient (Wildman–Crippen LogP) is 2.12. The van der Waals surface area contributed by atoms with E-state index in [1.54, 1.807) is 18.2 Å². The van der Waals surface area contributed by atoms with Crippen molar-refractivity contribution in [2.45, 2.75) is 12.8 Å². The van der Waals surface area contributed by atoms with Crippen molar-refractivity contribution in [1.82, 2.24) is 10.3 Å². The van der Waals surface area contributed by atoms with E-state index in [0.29, 0.717) is 5.69 Å². The zero-order chi connectivity index (χ0) is 20.9. The molecule has 0 aliphatic carbocycles. The molecule has 0 aliphatic heterocycles. The molecule has 0 bridgehead atoms. The van der Waals surface area contributed by atoms with Crippen LogP contribution in [0, 0.1) is 0 Å². The van der Waals surface area contributed by atoms with Gasteiger partial charge < -0.3 is 15.8 Å². The third kappa shape index (κ3) is 5.19. The first-order chi connectivity index (χ1) is 13.1. The Balaban J connectivity index is 2.29. The molecule has 2 rings (SSSR count). The number of hydrogen-bond donors (Lipinski definition) is 2. The number of carbonyl (C=O) groups excluding carboxylic acids is 3. The molecule has 0 spiro atoms. The number of nitrogens with zero attached hydrogens (tertiary/aromatic N) is 1. The van der Waals surface area contributed by atoms with Gasteiger partial charge in [0.25, 0.3) is 11.8 Å². The molecule has 0 unspecified atom stereocenters. The minimum absolute atomic E-state index is 0.251. The highest BCUT2D eigenvalue weighted by atomic mass is 35.5. The number of ketones is 1. The van der Waals surface area contributed by atoms with Gasteiger partial charge in [-0.25, -0.2) is 0 Å². The summed E-state index contributed by atoms with van der Waals surface area (Å²) in [6.07, 6.45) is -3.47. The van der Waals surface area contributed by atoms with Crippen molar-refractivity contribution in [2.75, 3.05) is 6.54 Å².